The molecule has 1 aromatic heterocycles. The van der Waals surface area contributed by atoms with Gasteiger partial charge < -0.3 is 5.73 Å². The van der Waals surface area contributed by atoms with Crippen molar-refractivity contribution in [3.8, 4) is 11.3 Å². The molecule has 3 aromatic rings. The predicted octanol–water partition coefficient (Wildman–Crippen LogP) is 8.62. The molecule has 0 fully saturated rings. The molecule has 33 heavy (non-hydrogen) atoms. The van der Waals surface area contributed by atoms with Crippen molar-refractivity contribution in [1.29, 1.82) is 0 Å². The molecule has 2 N–H and O–H groups in total. The highest BCUT2D eigenvalue weighted by atomic mass is 14.8. The van der Waals surface area contributed by atoms with Crippen molar-refractivity contribution in [3.63, 3.8) is 0 Å². The summed E-state index contributed by atoms with van der Waals surface area (Å²) >= 11 is 0. The number of nitrogens with zero attached hydrogens (tertiary/aromatic N) is 1. The monoisotopic (exact) mass is 442 g/mol. The maximum atomic E-state index is 6.30. The van der Waals surface area contributed by atoms with Crippen LogP contribution in [0.2, 0.25) is 0 Å². The topological polar surface area (TPSA) is 38.9 Å². The molecule has 2 aromatic carbocycles. The normalized spacial score (nSPS) is 11.7. The van der Waals surface area contributed by atoms with Crippen LogP contribution in [0.3, 0.4) is 0 Å². The van der Waals surface area contributed by atoms with E-state index >= 15 is 0 Å². The molecule has 0 saturated heterocycles. The molecule has 0 amide bonds. The summed E-state index contributed by atoms with van der Waals surface area (Å²) in [6, 6.07) is 26.0. The van der Waals surface area contributed by atoms with Crippen molar-refractivity contribution in [1.82, 2.24) is 4.98 Å². The molecular formula is C31H42N2. The van der Waals surface area contributed by atoms with Gasteiger partial charge >= 0.3 is 0 Å². The van der Waals surface area contributed by atoms with E-state index < -0.39 is 0 Å². The lowest BCUT2D eigenvalue weighted by Gasteiger charge is -2.12. The van der Waals surface area contributed by atoms with Gasteiger partial charge in [0.25, 0.3) is 0 Å². The van der Waals surface area contributed by atoms with Crippen molar-refractivity contribution in [2.24, 2.45) is 17.6 Å². The third-order valence-electron chi connectivity index (χ3n) is 5.14. The fraction of sp³-hybridized carbons (Fsp3) is 0.323. The van der Waals surface area contributed by atoms with Gasteiger partial charge in [-0.05, 0) is 49.8 Å². The van der Waals surface area contributed by atoms with Crippen molar-refractivity contribution in [2.45, 2.75) is 54.0 Å². The van der Waals surface area contributed by atoms with Crippen molar-refractivity contribution in [3.05, 3.63) is 114 Å². The number of pyridine rings is 1. The zero-order valence-corrected chi connectivity index (χ0v) is 21.3. The van der Waals surface area contributed by atoms with Gasteiger partial charge in [-0.2, -0.15) is 0 Å². The van der Waals surface area contributed by atoms with Gasteiger partial charge in [-0.25, -0.2) is 0 Å². The van der Waals surface area contributed by atoms with Crippen LogP contribution in [0.1, 0.15) is 65.3 Å². The summed E-state index contributed by atoms with van der Waals surface area (Å²) in [5, 5.41) is 0. The van der Waals surface area contributed by atoms with E-state index in [-0.39, 0.29) is 6.04 Å². The number of benzene rings is 2. The van der Waals surface area contributed by atoms with E-state index in [0.717, 1.165) is 34.4 Å². The van der Waals surface area contributed by atoms with Gasteiger partial charge in [0.2, 0.25) is 0 Å². The molecule has 0 spiro atoms. The van der Waals surface area contributed by atoms with E-state index in [1.54, 1.807) is 6.08 Å². The minimum atomic E-state index is -0.195. The number of allylic oxidation sites excluding steroid dienone is 3. The molecule has 0 radical (unpaired) electrons. The Labute approximate surface area is 202 Å². The molecule has 0 bridgehead atoms. The first-order valence-electron chi connectivity index (χ1n) is 11.9. The molecule has 0 aliphatic carbocycles. The Morgan fingerprint density at radius 2 is 1.42 bits per heavy atom. The quantitative estimate of drug-likeness (QED) is 0.388. The van der Waals surface area contributed by atoms with Crippen molar-refractivity contribution >= 4 is 0 Å². The third-order valence-corrected chi connectivity index (χ3v) is 5.14. The Kier molecular flexibility index (Phi) is 13.4. The van der Waals surface area contributed by atoms with Crippen LogP contribution >= 0.6 is 0 Å². The minimum absolute atomic E-state index is 0.195. The van der Waals surface area contributed by atoms with Crippen molar-refractivity contribution in [2.75, 3.05) is 0 Å². The average Bonchev–Trinajstić information content (AvgIpc) is 2.84. The molecule has 3 rings (SSSR count). The van der Waals surface area contributed by atoms with Crippen LogP contribution in [0.25, 0.3) is 11.3 Å². The lowest BCUT2D eigenvalue weighted by Crippen LogP contribution is -2.13. The highest BCUT2D eigenvalue weighted by Crippen LogP contribution is 2.22. The van der Waals surface area contributed by atoms with Gasteiger partial charge in [0.15, 0.2) is 0 Å². The first-order valence-corrected chi connectivity index (χ1v) is 11.9. The van der Waals surface area contributed by atoms with E-state index in [2.05, 4.69) is 59.4 Å². The van der Waals surface area contributed by atoms with Gasteiger partial charge in [0.1, 0.15) is 0 Å². The van der Waals surface area contributed by atoms with E-state index in [4.69, 9.17) is 10.7 Å². The van der Waals surface area contributed by atoms with Gasteiger partial charge in [0, 0.05) is 5.56 Å². The zero-order valence-electron chi connectivity index (χ0n) is 21.3. The zero-order chi connectivity index (χ0) is 24.6. The Morgan fingerprint density at radius 1 is 0.879 bits per heavy atom. The number of hydrogen-bond acceptors (Lipinski definition) is 2. The highest BCUT2D eigenvalue weighted by molar-refractivity contribution is 5.59. The summed E-state index contributed by atoms with van der Waals surface area (Å²) in [5.74, 6) is 1.52. The number of rotatable bonds is 6. The van der Waals surface area contributed by atoms with Gasteiger partial charge in [-0.15, -0.1) is 6.58 Å². The molecule has 0 aliphatic rings. The predicted molar refractivity (Wildman–Crippen MR) is 146 cm³/mol. The number of hydrogen-bond donors (Lipinski definition) is 1. The van der Waals surface area contributed by atoms with Crippen molar-refractivity contribution < 1.29 is 0 Å². The van der Waals surface area contributed by atoms with Crippen LogP contribution in [0.15, 0.2) is 103 Å². The molecule has 1 atom stereocenters. The first kappa shape index (κ1) is 28.1. The van der Waals surface area contributed by atoms with Crippen LogP contribution in [0.5, 0.6) is 0 Å². The second-order valence-electron chi connectivity index (χ2n) is 8.84. The number of nitrogens with two attached hydrogens (primary N) is 1. The van der Waals surface area contributed by atoms with Crippen LogP contribution in [-0.4, -0.2) is 4.98 Å². The molecule has 1 heterocycles. The lowest BCUT2D eigenvalue weighted by atomic mass is 10.0. The smallest absolute Gasteiger partial charge is 0.0726 e. The molecular weight excluding hydrogens is 400 g/mol. The summed E-state index contributed by atoms with van der Waals surface area (Å²) in [6.07, 6.45) is 5.33. The fourth-order valence-electron chi connectivity index (χ4n) is 2.88. The Hall–Kier alpha value is -2.97. The molecule has 2 nitrogen and oxygen atoms in total. The Bertz CT molecular complexity index is 941. The van der Waals surface area contributed by atoms with Crippen LogP contribution in [-0.2, 0) is 0 Å². The second kappa shape index (κ2) is 15.8. The SMILES string of the molecule is C/C(=C\CC(C)C)C(C)C.C=CC.NC(c1ccccc1)c1cccc(-c2ccccc2)n1. The minimum Gasteiger partial charge on any atom is -0.319 e. The number of aromatic nitrogens is 1. The largest absolute Gasteiger partial charge is 0.319 e. The van der Waals surface area contributed by atoms with E-state index in [0.29, 0.717) is 0 Å². The van der Waals surface area contributed by atoms with E-state index in [1.807, 2.05) is 73.7 Å². The average molecular weight is 443 g/mol. The molecule has 2 heteroatoms. The molecule has 1 unspecified atom stereocenters. The maximum Gasteiger partial charge on any atom is 0.0726 e. The lowest BCUT2D eigenvalue weighted by molar-refractivity contribution is 0.651. The fourth-order valence-corrected chi connectivity index (χ4v) is 2.88. The summed E-state index contributed by atoms with van der Waals surface area (Å²) in [7, 11) is 0. The summed E-state index contributed by atoms with van der Waals surface area (Å²) in [4.78, 5) is 4.69. The van der Waals surface area contributed by atoms with Crippen LogP contribution in [0.4, 0.5) is 0 Å². The summed E-state index contributed by atoms with van der Waals surface area (Å²) < 4.78 is 0. The maximum absolute atomic E-state index is 6.30. The van der Waals surface area contributed by atoms with Crippen LogP contribution < -0.4 is 5.73 Å². The van der Waals surface area contributed by atoms with Gasteiger partial charge in [-0.1, -0.05) is 112 Å². The van der Waals surface area contributed by atoms with Gasteiger partial charge in [-0.3, -0.25) is 4.98 Å². The highest BCUT2D eigenvalue weighted by Gasteiger charge is 2.10. The van der Waals surface area contributed by atoms with E-state index in [1.165, 1.54) is 12.0 Å². The summed E-state index contributed by atoms with van der Waals surface area (Å²) in [5.41, 5.74) is 11.8. The Balaban J connectivity index is 0.000000355. The van der Waals surface area contributed by atoms with Crippen LogP contribution in [0, 0.1) is 11.8 Å². The van der Waals surface area contributed by atoms with E-state index in [9.17, 15) is 0 Å². The second-order valence-corrected chi connectivity index (χ2v) is 8.84. The summed E-state index contributed by atoms with van der Waals surface area (Å²) in [6.45, 7) is 16.5. The third kappa shape index (κ3) is 10.9. The van der Waals surface area contributed by atoms with Gasteiger partial charge in [0.05, 0.1) is 17.4 Å². The Morgan fingerprint density at radius 3 is 1.94 bits per heavy atom. The first-order chi connectivity index (χ1) is 15.8. The standard InChI is InChI=1S/C18H16N2.C10H20.C3H6/c19-18(15-10-5-2-6-11-15)17-13-7-12-16(20-17)14-8-3-1-4-9-14;1-8(2)6-7-10(5)9(3)4;1-3-2/h1-13,18H,19H2;7-9H,6H2,1-5H3;3H,1H2,2H3/b;10-7+;. The molecule has 0 aliphatic heterocycles. The molecule has 0 saturated carbocycles. The molecule has 176 valence electrons.